The second kappa shape index (κ2) is 2.65. The Labute approximate surface area is 63.1 Å². The molecule has 0 atom stereocenters. The molecule has 0 aliphatic heterocycles. The summed E-state index contributed by atoms with van der Waals surface area (Å²) in [7, 11) is 0. The molecule has 0 aromatic carbocycles. The number of hydrogen-bond donors (Lipinski definition) is 3. The molecule has 60 valence electrons. The van der Waals surface area contributed by atoms with E-state index in [1.807, 2.05) is 0 Å². The SMILES string of the molecule is O=C(O)C1=C(O)C(O)=CCC1. The fourth-order valence-corrected chi connectivity index (χ4v) is 0.931. The minimum absolute atomic E-state index is 0.120. The molecule has 0 fully saturated rings. The van der Waals surface area contributed by atoms with Crippen LogP contribution in [-0.4, -0.2) is 21.3 Å². The minimum Gasteiger partial charge on any atom is -0.504 e. The number of aliphatic hydroxyl groups excluding tert-OH is 2. The first-order valence-corrected chi connectivity index (χ1v) is 3.18. The largest absolute Gasteiger partial charge is 0.504 e. The predicted molar refractivity (Wildman–Crippen MR) is 37.2 cm³/mol. The van der Waals surface area contributed by atoms with E-state index >= 15 is 0 Å². The third-order valence-corrected chi connectivity index (χ3v) is 1.52. The van der Waals surface area contributed by atoms with E-state index < -0.39 is 11.7 Å². The molecule has 1 aliphatic carbocycles. The summed E-state index contributed by atoms with van der Waals surface area (Å²) >= 11 is 0. The van der Waals surface area contributed by atoms with Gasteiger partial charge in [-0.05, 0) is 18.9 Å². The molecule has 0 bridgehead atoms. The first kappa shape index (κ1) is 7.65. The van der Waals surface area contributed by atoms with E-state index in [9.17, 15) is 4.79 Å². The highest BCUT2D eigenvalue weighted by Crippen LogP contribution is 2.21. The Balaban J connectivity index is 3.01. The van der Waals surface area contributed by atoms with Crippen molar-refractivity contribution in [2.24, 2.45) is 0 Å². The highest BCUT2D eigenvalue weighted by Gasteiger charge is 2.19. The Morgan fingerprint density at radius 2 is 2.09 bits per heavy atom. The topological polar surface area (TPSA) is 77.8 Å². The highest BCUT2D eigenvalue weighted by molar-refractivity contribution is 5.88. The highest BCUT2D eigenvalue weighted by atomic mass is 16.4. The van der Waals surface area contributed by atoms with Gasteiger partial charge in [0.05, 0.1) is 5.57 Å². The van der Waals surface area contributed by atoms with Gasteiger partial charge in [0, 0.05) is 0 Å². The molecule has 1 rings (SSSR count). The maximum atomic E-state index is 10.4. The summed E-state index contributed by atoms with van der Waals surface area (Å²) in [4.78, 5) is 10.4. The van der Waals surface area contributed by atoms with E-state index in [1.165, 1.54) is 6.08 Å². The Kier molecular flexibility index (Phi) is 1.85. The monoisotopic (exact) mass is 156 g/mol. The summed E-state index contributed by atoms with van der Waals surface area (Å²) in [5.74, 6) is -2.03. The van der Waals surface area contributed by atoms with Gasteiger partial charge in [0.15, 0.2) is 11.5 Å². The van der Waals surface area contributed by atoms with Crippen LogP contribution in [-0.2, 0) is 4.79 Å². The average Bonchev–Trinajstić information content (AvgIpc) is 1.94. The molecular formula is C7H8O4. The lowest BCUT2D eigenvalue weighted by molar-refractivity contribution is -0.133. The van der Waals surface area contributed by atoms with Crippen molar-refractivity contribution in [1.82, 2.24) is 0 Å². The quantitative estimate of drug-likeness (QED) is 0.531. The molecule has 0 amide bonds. The van der Waals surface area contributed by atoms with Gasteiger partial charge < -0.3 is 15.3 Å². The molecule has 0 spiro atoms. The van der Waals surface area contributed by atoms with Gasteiger partial charge in [-0.25, -0.2) is 4.79 Å². The molecule has 0 radical (unpaired) electrons. The van der Waals surface area contributed by atoms with Crippen molar-refractivity contribution in [3.05, 3.63) is 23.2 Å². The van der Waals surface area contributed by atoms with E-state index in [-0.39, 0.29) is 17.8 Å². The van der Waals surface area contributed by atoms with Crippen LogP contribution in [0.1, 0.15) is 12.8 Å². The lowest BCUT2D eigenvalue weighted by atomic mass is 10.0. The van der Waals surface area contributed by atoms with E-state index in [1.54, 1.807) is 0 Å². The summed E-state index contributed by atoms with van der Waals surface area (Å²) < 4.78 is 0. The van der Waals surface area contributed by atoms with E-state index in [2.05, 4.69) is 0 Å². The van der Waals surface area contributed by atoms with Crippen molar-refractivity contribution in [3.8, 4) is 0 Å². The molecular weight excluding hydrogens is 148 g/mol. The van der Waals surface area contributed by atoms with Crippen LogP contribution in [0.15, 0.2) is 23.2 Å². The van der Waals surface area contributed by atoms with Gasteiger partial charge in [0.1, 0.15) is 0 Å². The van der Waals surface area contributed by atoms with Crippen LogP contribution in [0.3, 0.4) is 0 Å². The Morgan fingerprint density at radius 3 is 2.55 bits per heavy atom. The van der Waals surface area contributed by atoms with Crippen molar-refractivity contribution in [2.75, 3.05) is 0 Å². The second-order valence-corrected chi connectivity index (χ2v) is 2.26. The van der Waals surface area contributed by atoms with Gasteiger partial charge in [-0.2, -0.15) is 0 Å². The third-order valence-electron chi connectivity index (χ3n) is 1.52. The average molecular weight is 156 g/mol. The summed E-state index contributed by atoms with van der Waals surface area (Å²) in [6, 6.07) is 0. The standard InChI is InChI=1S/C7H8O4/c8-5-3-1-2-4(6(5)9)7(10)11/h3,8-9H,1-2H2,(H,10,11). The van der Waals surface area contributed by atoms with Crippen LogP contribution >= 0.6 is 0 Å². The Morgan fingerprint density at radius 1 is 1.45 bits per heavy atom. The number of aliphatic hydroxyl groups is 2. The molecule has 3 N–H and O–H groups in total. The zero-order chi connectivity index (χ0) is 8.43. The second-order valence-electron chi connectivity index (χ2n) is 2.26. The summed E-state index contributed by atoms with van der Waals surface area (Å²) in [6.07, 6.45) is 2.12. The first-order chi connectivity index (χ1) is 5.13. The molecule has 4 heteroatoms. The van der Waals surface area contributed by atoms with Crippen LogP contribution < -0.4 is 0 Å². The zero-order valence-electron chi connectivity index (χ0n) is 5.74. The summed E-state index contributed by atoms with van der Waals surface area (Å²) in [6.45, 7) is 0. The normalized spacial score (nSPS) is 18.0. The van der Waals surface area contributed by atoms with Crippen LogP contribution in [0.4, 0.5) is 0 Å². The van der Waals surface area contributed by atoms with Crippen molar-refractivity contribution in [3.63, 3.8) is 0 Å². The number of allylic oxidation sites excluding steroid dienone is 1. The van der Waals surface area contributed by atoms with Gasteiger partial charge in [0.2, 0.25) is 0 Å². The Bertz CT molecular complexity index is 249. The molecule has 1 aliphatic rings. The molecule has 0 heterocycles. The number of hydrogen-bond acceptors (Lipinski definition) is 3. The minimum atomic E-state index is -1.18. The number of carboxylic acids is 1. The van der Waals surface area contributed by atoms with E-state index in [4.69, 9.17) is 15.3 Å². The zero-order valence-corrected chi connectivity index (χ0v) is 5.74. The van der Waals surface area contributed by atoms with E-state index in [0.717, 1.165) is 0 Å². The van der Waals surface area contributed by atoms with Crippen LogP contribution in [0.2, 0.25) is 0 Å². The Hall–Kier alpha value is -1.45. The van der Waals surface area contributed by atoms with Gasteiger partial charge in [-0.1, -0.05) is 0 Å². The first-order valence-electron chi connectivity index (χ1n) is 3.18. The maximum absolute atomic E-state index is 10.4. The molecule has 0 unspecified atom stereocenters. The third kappa shape index (κ3) is 1.34. The van der Waals surface area contributed by atoms with Crippen molar-refractivity contribution in [2.45, 2.75) is 12.8 Å². The van der Waals surface area contributed by atoms with Crippen molar-refractivity contribution in [1.29, 1.82) is 0 Å². The fraction of sp³-hybridized carbons (Fsp3) is 0.286. The van der Waals surface area contributed by atoms with Crippen molar-refractivity contribution >= 4 is 5.97 Å². The van der Waals surface area contributed by atoms with E-state index in [0.29, 0.717) is 6.42 Å². The predicted octanol–water partition coefficient (Wildman–Crippen LogP) is 1.12. The fourth-order valence-electron chi connectivity index (χ4n) is 0.931. The molecule has 0 aromatic rings. The number of carbonyl (C=O) groups is 1. The summed E-state index contributed by atoms with van der Waals surface area (Å²) in [5, 5.41) is 26.3. The summed E-state index contributed by atoms with van der Waals surface area (Å²) in [5.41, 5.74) is -0.120. The molecule has 0 saturated heterocycles. The molecule has 0 aromatic heterocycles. The van der Waals surface area contributed by atoms with Gasteiger partial charge in [-0.15, -0.1) is 0 Å². The van der Waals surface area contributed by atoms with Crippen LogP contribution in [0.5, 0.6) is 0 Å². The number of rotatable bonds is 1. The molecule has 0 saturated carbocycles. The number of aliphatic carboxylic acids is 1. The maximum Gasteiger partial charge on any atom is 0.335 e. The van der Waals surface area contributed by atoms with Crippen LogP contribution in [0.25, 0.3) is 0 Å². The molecule has 11 heavy (non-hydrogen) atoms. The lowest BCUT2D eigenvalue weighted by Gasteiger charge is -2.09. The van der Waals surface area contributed by atoms with Crippen molar-refractivity contribution < 1.29 is 20.1 Å². The molecule has 4 nitrogen and oxygen atoms in total. The smallest absolute Gasteiger partial charge is 0.335 e. The number of carboxylic acid groups (broad SMARTS) is 1. The lowest BCUT2D eigenvalue weighted by Crippen LogP contribution is -2.09. The van der Waals surface area contributed by atoms with Gasteiger partial charge >= 0.3 is 5.97 Å². The van der Waals surface area contributed by atoms with Crippen LogP contribution in [0, 0.1) is 0 Å². The van der Waals surface area contributed by atoms with Gasteiger partial charge in [0.25, 0.3) is 0 Å². The van der Waals surface area contributed by atoms with Gasteiger partial charge in [-0.3, -0.25) is 0 Å².